The summed E-state index contributed by atoms with van der Waals surface area (Å²) in [6, 6.07) is 20.4. The van der Waals surface area contributed by atoms with Gasteiger partial charge < -0.3 is 10.1 Å². The fourth-order valence-electron chi connectivity index (χ4n) is 3.25. The fraction of sp³-hybridized carbons (Fsp3) is 0.0417. The van der Waals surface area contributed by atoms with Crippen molar-refractivity contribution in [2.75, 3.05) is 5.32 Å². The lowest BCUT2D eigenvalue weighted by Gasteiger charge is -2.15. The standard InChI is InChI=1S/C24H16ClN3O6/c25-20-21(23(30)27(22(20)29)14-15-6-2-1-3-7-15)26-17-12-10-16(11-13-17)24(31)34-19-9-5-4-8-18(19)28(32)33/h1-13,26H,14H2. The molecule has 0 bridgehead atoms. The molecule has 0 radical (unpaired) electrons. The molecule has 3 aromatic rings. The maximum atomic E-state index is 12.8. The largest absolute Gasteiger partial charge is 0.416 e. The van der Waals surface area contributed by atoms with Gasteiger partial charge in [-0.1, -0.05) is 54.1 Å². The molecule has 1 aliphatic rings. The topological polar surface area (TPSA) is 119 Å². The first-order valence-corrected chi connectivity index (χ1v) is 10.4. The van der Waals surface area contributed by atoms with Crippen LogP contribution in [0.25, 0.3) is 0 Å². The smallest absolute Gasteiger partial charge is 0.343 e. The monoisotopic (exact) mass is 477 g/mol. The molecule has 0 atom stereocenters. The number of ether oxygens (including phenoxy) is 1. The van der Waals surface area contributed by atoms with Crippen molar-refractivity contribution in [1.29, 1.82) is 0 Å². The Balaban J connectivity index is 1.45. The number of amides is 2. The van der Waals surface area contributed by atoms with Gasteiger partial charge in [0.25, 0.3) is 11.8 Å². The van der Waals surface area contributed by atoms with Crippen molar-refractivity contribution >= 4 is 40.8 Å². The van der Waals surface area contributed by atoms with E-state index in [-0.39, 0.29) is 34.3 Å². The van der Waals surface area contributed by atoms with Crippen LogP contribution in [0.4, 0.5) is 11.4 Å². The Morgan fingerprint density at radius 2 is 1.59 bits per heavy atom. The zero-order valence-corrected chi connectivity index (χ0v) is 18.2. The summed E-state index contributed by atoms with van der Waals surface area (Å²) in [4.78, 5) is 49.1. The lowest BCUT2D eigenvalue weighted by Crippen LogP contribution is -2.31. The number of hydrogen-bond acceptors (Lipinski definition) is 7. The molecule has 0 saturated carbocycles. The zero-order valence-electron chi connectivity index (χ0n) is 17.4. The van der Waals surface area contributed by atoms with E-state index in [0.717, 1.165) is 10.5 Å². The highest BCUT2D eigenvalue weighted by molar-refractivity contribution is 6.48. The molecule has 0 aromatic heterocycles. The highest BCUT2D eigenvalue weighted by Gasteiger charge is 2.37. The molecule has 10 heteroatoms. The number of nitro benzene ring substituents is 1. The van der Waals surface area contributed by atoms with Gasteiger partial charge in [-0.2, -0.15) is 0 Å². The average Bonchev–Trinajstić information content (AvgIpc) is 3.04. The van der Waals surface area contributed by atoms with Crippen LogP contribution in [0.5, 0.6) is 5.75 Å². The predicted octanol–water partition coefficient (Wildman–Crippen LogP) is 4.25. The van der Waals surface area contributed by atoms with Crippen LogP contribution in [0.1, 0.15) is 15.9 Å². The lowest BCUT2D eigenvalue weighted by molar-refractivity contribution is -0.385. The molecule has 170 valence electrons. The summed E-state index contributed by atoms with van der Waals surface area (Å²) in [6.45, 7) is 0.0797. The van der Waals surface area contributed by atoms with E-state index >= 15 is 0 Å². The molecule has 0 spiro atoms. The molecule has 0 unspecified atom stereocenters. The van der Waals surface area contributed by atoms with E-state index in [1.807, 2.05) is 6.07 Å². The van der Waals surface area contributed by atoms with Gasteiger partial charge in [0, 0.05) is 11.8 Å². The van der Waals surface area contributed by atoms with Crippen molar-refractivity contribution in [3.05, 3.63) is 111 Å². The SMILES string of the molecule is O=C(Oc1ccccc1[N+](=O)[O-])c1ccc(NC2=C(Cl)C(=O)N(Cc3ccccc3)C2=O)cc1. The number of rotatable bonds is 7. The second-order valence-corrected chi connectivity index (χ2v) is 7.57. The zero-order chi connectivity index (χ0) is 24.2. The Kier molecular flexibility index (Phi) is 6.37. The van der Waals surface area contributed by atoms with Gasteiger partial charge in [-0.05, 0) is 35.9 Å². The maximum Gasteiger partial charge on any atom is 0.343 e. The quantitative estimate of drug-likeness (QED) is 0.178. The highest BCUT2D eigenvalue weighted by atomic mass is 35.5. The summed E-state index contributed by atoms with van der Waals surface area (Å²) in [5, 5.41) is 13.7. The maximum absolute atomic E-state index is 12.8. The predicted molar refractivity (Wildman–Crippen MR) is 123 cm³/mol. The van der Waals surface area contributed by atoms with E-state index < -0.39 is 22.7 Å². The summed E-state index contributed by atoms with van der Waals surface area (Å²) < 4.78 is 5.15. The highest BCUT2D eigenvalue weighted by Crippen LogP contribution is 2.28. The van der Waals surface area contributed by atoms with Crippen molar-refractivity contribution in [3.63, 3.8) is 0 Å². The Morgan fingerprint density at radius 3 is 2.26 bits per heavy atom. The van der Waals surface area contributed by atoms with E-state index in [2.05, 4.69) is 5.32 Å². The van der Waals surface area contributed by atoms with Crippen molar-refractivity contribution in [3.8, 4) is 5.75 Å². The molecule has 9 nitrogen and oxygen atoms in total. The lowest BCUT2D eigenvalue weighted by atomic mass is 10.2. The molecule has 1 aliphatic heterocycles. The summed E-state index contributed by atoms with van der Waals surface area (Å²) >= 11 is 6.12. The minimum Gasteiger partial charge on any atom is -0.416 e. The van der Waals surface area contributed by atoms with Crippen molar-refractivity contribution in [2.45, 2.75) is 6.54 Å². The minimum absolute atomic E-state index is 0.0714. The van der Waals surface area contributed by atoms with E-state index in [4.69, 9.17) is 16.3 Å². The molecule has 0 aliphatic carbocycles. The number of para-hydroxylation sites is 2. The average molecular weight is 478 g/mol. The van der Waals surface area contributed by atoms with E-state index in [1.54, 1.807) is 24.3 Å². The van der Waals surface area contributed by atoms with Crippen LogP contribution in [0.15, 0.2) is 89.6 Å². The molecule has 2 amide bonds. The molecule has 0 saturated heterocycles. The number of carbonyl (C=O) groups excluding carboxylic acids is 3. The molecule has 1 heterocycles. The molecular weight excluding hydrogens is 462 g/mol. The van der Waals surface area contributed by atoms with Crippen LogP contribution in [-0.2, 0) is 16.1 Å². The third-order valence-corrected chi connectivity index (χ3v) is 5.30. The van der Waals surface area contributed by atoms with Gasteiger partial charge in [0.05, 0.1) is 17.0 Å². The number of benzene rings is 3. The second kappa shape index (κ2) is 9.55. The van der Waals surface area contributed by atoms with Gasteiger partial charge in [-0.25, -0.2) is 4.79 Å². The van der Waals surface area contributed by atoms with Crippen molar-refractivity contribution in [2.24, 2.45) is 0 Å². The number of esters is 1. The first-order valence-electron chi connectivity index (χ1n) is 9.97. The minimum atomic E-state index is -0.792. The Labute approximate surface area is 198 Å². The third-order valence-electron chi connectivity index (χ3n) is 4.95. The Morgan fingerprint density at radius 1 is 0.941 bits per heavy atom. The first-order chi connectivity index (χ1) is 16.3. The van der Waals surface area contributed by atoms with Crippen LogP contribution in [0.3, 0.4) is 0 Å². The van der Waals surface area contributed by atoms with Crippen LogP contribution < -0.4 is 10.1 Å². The van der Waals surface area contributed by atoms with Gasteiger partial charge in [0.2, 0.25) is 5.75 Å². The number of hydrogen-bond donors (Lipinski definition) is 1. The number of nitrogens with one attached hydrogen (secondary N) is 1. The summed E-state index contributed by atoms with van der Waals surface area (Å²) in [5.74, 6) is -2.15. The molecular formula is C24H16ClN3O6. The summed E-state index contributed by atoms with van der Waals surface area (Å²) in [7, 11) is 0. The number of halogens is 1. The normalized spacial score (nSPS) is 13.3. The third kappa shape index (κ3) is 4.64. The van der Waals surface area contributed by atoms with E-state index in [9.17, 15) is 24.5 Å². The van der Waals surface area contributed by atoms with Gasteiger partial charge >= 0.3 is 11.7 Å². The summed E-state index contributed by atoms with van der Waals surface area (Å²) in [5.41, 5.74) is 0.899. The van der Waals surface area contributed by atoms with Crippen LogP contribution in [-0.4, -0.2) is 27.6 Å². The Hall–Kier alpha value is -4.50. The molecule has 34 heavy (non-hydrogen) atoms. The molecule has 3 aromatic carbocycles. The molecule has 0 fully saturated rings. The van der Waals surface area contributed by atoms with Gasteiger partial charge in [-0.3, -0.25) is 24.6 Å². The van der Waals surface area contributed by atoms with Crippen LogP contribution in [0, 0.1) is 10.1 Å². The second-order valence-electron chi connectivity index (χ2n) is 7.19. The van der Waals surface area contributed by atoms with Crippen LogP contribution >= 0.6 is 11.6 Å². The van der Waals surface area contributed by atoms with Crippen molar-refractivity contribution in [1.82, 2.24) is 4.90 Å². The van der Waals surface area contributed by atoms with Gasteiger partial charge in [-0.15, -0.1) is 0 Å². The first kappa shape index (κ1) is 22.7. The van der Waals surface area contributed by atoms with Crippen molar-refractivity contribution < 1.29 is 24.0 Å². The van der Waals surface area contributed by atoms with Crippen LogP contribution in [0.2, 0.25) is 0 Å². The fourth-order valence-corrected chi connectivity index (χ4v) is 3.48. The number of anilines is 1. The molecule has 1 N–H and O–H groups in total. The molecule has 4 rings (SSSR count). The number of nitro groups is 1. The Bertz CT molecular complexity index is 1320. The van der Waals surface area contributed by atoms with E-state index in [0.29, 0.717) is 5.69 Å². The van der Waals surface area contributed by atoms with E-state index in [1.165, 1.54) is 48.5 Å². The van der Waals surface area contributed by atoms with Gasteiger partial charge in [0.15, 0.2) is 0 Å². The number of imide groups is 1. The van der Waals surface area contributed by atoms with Gasteiger partial charge in [0.1, 0.15) is 10.7 Å². The number of nitrogens with zero attached hydrogens (tertiary/aromatic N) is 2. The number of carbonyl (C=O) groups is 3. The summed E-state index contributed by atoms with van der Waals surface area (Å²) in [6.07, 6.45) is 0.